The normalized spacial score (nSPS) is 10.9. The molecule has 0 unspecified atom stereocenters. The van der Waals surface area contributed by atoms with E-state index >= 15 is 0 Å². The molecule has 3 aromatic rings. The number of nitrogens with zero attached hydrogens (tertiary/aromatic N) is 1. The molecule has 0 fully saturated rings. The van der Waals surface area contributed by atoms with E-state index in [0.29, 0.717) is 17.9 Å². The highest BCUT2D eigenvalue weighted by Gasteiger charge is 2.08. The van der Waals surface area contributed by atoms with Gasteiger partial charge in [-0.25, -0.2) is 5.43 Å². The number of hydrogen-bond donors (Lipinski definition) is 2. The standard InChI is InChI=1S/C24H25N3O3/c1-3-4-15-30-23-14-11-18-7-5-6-8-21(18)22(23)16-25-27-24(29)19-9-12-20(13-10-19)26-17(2)28/h5-14,16H,3-4,15H2,1-2H3,(H,26,28)(H,27,29)/b25-16-. The molecule has 0 aromatic heterocycles. The number of hydrogen-bond acceptors (Lipinski definition) is 4. The van der Waals surface area contributed by atoms with E-state index in [9.17, 15) is 9.59 Å². The molecule has 30 heavy (non-hydrogen) atoms. The molecule has 0 aliphatic rings. The van der Waals surface area contributed by atoms with Gasteiger partial charge in [0.15, 0.2) is 0 Å². The van der Waals surface area contributed by atoms with Crippen LogP contribution in [0.15, 0.2) is 65.8 Å². The molecule has 0 saturated heterocycles. The molecule has 154 valence electrons. The van der Waals surface area contributed by atoms with Crippen molar-refractivity contribution in [2.75, 3.05) is 11.9 Å². The second-order valence-corrected chi connectivity index (χ2v) is 6.86. The summed E-state index contributed by atoms with van der Waals surface area (Å²) in [6.45, 7) is 4.18. The van der Waals surface area contributed by atoms with Crippen LogP contribution in [0.3, 0.4) is 0 Å². The van der Waals surface area contributed by atoms with Crippen LogP contribution in [0.5, 0.6) is 5.75 Å². The molecule has 2 amide bonds. The lowest BCUT2D eigenvalue weighted by Gasteiger charge is -2.11. The van der Waals surface area contributed by atoms with Gasteiger partial charge in [0.25, 0.3) is 5.91 Å². The summed E-state index contributed by atoms with van der Waals surface area (Å²) in [6, 6.07) is 18.5. The van der Waals surface area contributed by atoms with Gasteiger partial charge in [-0.15, -0.1) is 0 Å². The molecule has 2 N–H and O–H groups in total. The summed E-state index contributed by atoms with van der Waals surface area (Å²) in [6.07, 6.45) is 3.63. The molecule has 0 radical (unpaired) electrons. The average Bonchev–Trinajstić information content (AvgIpc) is 2.75. The molecule has 0 spiro atoms. The Balaban J connectivity index is 1.76. The van der Waals surface area contributed by atoms with E-state index < -0.39 is 0 Å². The van der Waals surface area contributed by atoms with Crippen molar-refractivity contribution in [3.8, 4) is 5.75 Å². The Morgan fingerprint density at radius 2 is 1.80 bits per heavy atom. The first-order valence-corrected chi connectivity index (χ1v) is 9.94. The lowest BCUT2D eigenvalue weighted by atomic mass is 10.0. The zero-order valence-corrected chi connectivity index (χ0v) is 17.1. The van der Waals surface area contributed by atoms with E-state index in [4.69, 9.17) is 4.74 Å². The maximum absolute atomic E-state index is 12.4. The monoisotopic (exact) mass is 403 g/mol. The number of carbonyl (C=O) groups excluding carboxylic acids is 2. The summed E-state index contributed by atoms with van der Waals surface area (Å²) in [5, 5.41) is 8.89. The van der Waals surface area contributed by atoms with E-state index in [0.717, 1.165) is 34.9 Å². The molecule has 0 heterocycles. The zero-order chi connectivity index (χ0) is 21.3. The Bertz CT molecular complexity index is 1060. The number of anilines is 1. The van der Waals surface area contributed by atoms with Crippen molar-refractivity contribution < 1.29 is 14.3 Å². The number of carbonyl (C=O) groups is 2. The van der Waals surface area contributed by atoms with Crippen LogP contribution >= 0.6 is 0 Å². The van der Waals surface area contributed by atoms with E-state index in [1.807, 2.05) is 36.4 Å². The highest BCUT2D eigenvalue weighted by molar-refractivity contribution is 6.03. The van der Waals surface area contributed by atoms with Crippen molar-refractivity contribution in [3.63, 3.8) is 0 Å². The van der Waals surface area contributed by atoms with Crippen LogP contribution in [0.1, 0.15) is 42.6 Å². The average molecular weight is 403 g/mol. The van der Waals surface area contributed by atoms with E-state index in [1.54, 1.807) is 30.5 Å². The Kier molecular flexibility index (Phi) is 7.16. The minimum absolute atomic E-state index is 0.163. The van der Waals surface area contributed by atoms with Gasteiger partial charge in [0.2, 0.25) is 5.91 Å². The van der Waals surface area contributed by atoms with E-state index in [1.165, 1.54) is 6.92 Å². The minimum atomic E-state index is -0.339. The van der Waals surface area contributed by atoms with Crippen LogP contribution in [0.4, 0.5) is 5.69 Å². The lowest BCUT2D eigenvalue weighted by molar-refractivity contribution is -0.114. The third-order valence-electron chi connectivity index (χ3n) is 4.51. The Morgan fingerprint density at radius 1 is 1.03 bits per heavy atom. The van der Waals surface area contributed by atoms with Crippen molar-refractivity contribution in [1.29, 1.82) is 0 Å². The first kappa shape index (κ1) is 21.0. The quantitative estimate of drug-likeness (QED) is 0.324. The third kappa shape index (κ3) is 5.44. The molecule has 3 aromatic carbocycles. The highest BCUT2D eigenvalue weighted by Crippen LogP contribution is 2.27. The second-order valence-electron chi connectivity index (χ2n) is 6.86. The summed E-state index contributed by atoms with van der Waals surface area (Å²) < 4.78 is 5.93. The fraction of sp³-hybridized carbons (Fsp3) is 0.208. The van der Waals surface area contributed by atoms with Crippen LogP contribution in [-0.2, 0) is 4.79 Å². The molecule has 0 bridgehead atoms. The Morgan fingerprint density at radius 3 is 2.53 bits per heavy atom. The summed E-state index contributed by atoms with van der Waals surface area (Å²) in [7, 11) is 0. The fourth-order valence-corrected chi connectivity index (χ4v) is 2.99. The summed E-state index contributed by atoms with van der Waals surface area (Å²) in [5.41, 5.74) is 4.45. The van der Waals surface area contributed by atoms with Crippen LogP contribution < -0.4 is 15.5 Å². The van der Waals surface area contributed by atoms with Gasteiger partial charge in [0.1, 0.15) is 5.75 Å². The summed E-state index contributed by atoms with van der Waals surface area (Å²) >= 11 is 0. The van der Waals surface area contributed by atoms with Gasteiger partial charge in [0.05, 0.1) is 12.8 Å². The van der Waals surface area contributed by atoms with Crippen molar-refractivity contribution >= 4 is 34.5 Å². The number of unbranched alkanes of at least 4 members (excludes halogenated alkanes) is 1. The van der Waals surface area contributed by atoms with Crippen LogP contribution in [-0.4, -0.2) is 24.6 Å². The first-order valence-electron chi connectivity index (χ1n) is 9.94. The Labute approximate surface area is 175 Å². The van der Waals surface area contributed by atoms with Crippen molar-refractivity contribution in [2.24, 2.45) is 5.10 Å². The van der Waals surface area contributed by atoms with E-state index in [2.05, 4.69) is 22.8 Å². The van der Waals surface area contributed by atoms with Gasteiger partial charge in [-0.2, -0.15) is 5.10 Å². The number of rotatable bonds is 8. The number of benzene rings is 3. The van der Waals surface area contributed by atoms with Crippen molar-refractivity contribution in [3.05, 3.63) is 71.8 Å². The van der Waals surface area contributed by atoms with Crippen molar-refractivity contribution in [2.45, 2.75) is 26.7 Å². The molecule has 6 heteroatoms. The molecule has 0 aliphatic carbocycles. The van der Waals surface area contributed by atoms with Gasteiger partial charge in [-0.3, -0.25) is 9.59 Å². The summed E-state index contributed by atoms with van der Waals surface area (Å²) in [4.78, 5) is 23.5. The number of nitrogens with one attached hydrogen (secondary N) is 2. The smallest absolute Gasteiger partial charge is 0.271 e. The Hall–Kier alpha value is -3.67. The van der Waals surface area contributed by atoms with E-state index in [-0.39, 0.29) is 11.8 Å². The van der Waals surface area contributed by atoms with Crippen LogP contribution in [0.2, 0.25) is 0 Å². The van der Waals surface area contributed by atoms with Gasteiger partial charge in [-0.1, -0.05) is 43.7 Å². The minimum Gasteiger partial charge on any atom is -0.493 e. The predicted molar refractivity (Wildman–Crippen MR) is 120 cm³/mol. The van der Waals surface area contributed by atoms with Crippen LogP contribution in [0.25, 0.3) is 10.8 Å². The zero-order valence-electron chi connectivity index (χ0n) is 17.1. The first-order chi connectivity index (χ1) is 14.6. The molecule has 0 saturated carbocycles. The molecular weight excluding hydrogens is 378 g/mol. The predicted octanol–water partition coefficient (Wildman–Crippen LogP) is 4.74. The SMILES string of the molecule is CCCCOc1ccc2ccccc2c1/C=N\NC(=O)c1ccc(NC(C)=O)cc1. The number of fused-ring (bicyclic) bond motifs is 1. The largest absolute Gasteiger partial charge is 0.493 e. The fourth-order valence-electron chi connectivity index (χ4n) is 2.99. The highest BCUT2D eigenvalue weighted by atomic mass is 16.5. The molecular formula is C24H25N3O3. The number of ether oxygens (including phenoxy) is 1. The molecule has 3 rings (SSSR count). The second kappa shape index (κ2) is 10.2. The van der Waals surface area contributed by atoms with Crippen LogP contribution in [0, 0.1) is 0 Å². The third-order valence-corrected chi connectivity index (χ3v) is 4.51. The van der Waals surface area contributed by atoms with Gasteiger partial charge >= 0.3 is 0 Å². The van der Waals surface area contributed by atoms with Gasteiger partial charge in [-0.05, 0) is 47.5 Å². The topological polar surface area (TPSA) is 79.8 Å². The summed E-state index contributed by atoms with van der Waals surface area (Å²) in [5.74, 6) is 0.234. The maximum atomic E-state index is 12.4. The molecule has 6 nitrogen and oxygen atoms in total. The maximum Gasteiger partial charge on any atom is 0.271 e. The molecule has 0 aliphatic heterocycles. The van der Waals surface area contributed by atoms with Gasteiger partial charge in [0, 0.05) is 23.7 Å². The number of amides is 2. The lowest BCUT2D eigenvalue weighted by Crippen LogP contribution is -2.17. The van der Waals surface area contributed by atoms with Crippen molar-refractivity contribution in [1.82, 2.24) is 5.43 Å². The molecule has 0 atom stereocenters. The number of hydrazone groups is 1. The van der Waals surface area contributed by atoms with Gasteiger partial charge < -0.3 is 10.1 Å².